The Morgan fingerprint density at radius 2 is 2.00 bits per heavy atom. The van der Waals surface area contributed by atoms with Gasteiger partial charge in [0.05, 0.1) is 0 Å². The Balaban J connectivity index is 2.08. The molecule has 3 aliphatic rings. The van der Waals surface area contributed by atoms with E-state index in [1.807, 2.05) is 0 Å². The van der Waals surface area contributed by atoms with Gasteiger partial charge >= 0.3 is 0 Å². The van der Waals surface area contributed by atoms with Crippen LogP contribution in [0.4, 0.5) is 0 Å². The predicted molar refractivity (Wildman–Crippen MR) is 60.0 cm³/mol. The molecule has 0 aromatic carbocycles. The Morgan fingerprint density at radius 3 is 2.29 bits per heavy atom. The van der Waals surface area contributed by atoms with Gasteiger partial charge in [-0.3, -0.25) is 0 Å². The van der Waals surface area contributed by atoms with Crippen molar-refractivity contribution in [2.24, 2.45) is 28.1 Å². The van der Waals surface area contributed by atoms with E-state index in [4.69, 9.17) is 0 Å². The van der Waals surface area contributed by atoms with Gasteiger partial charge in [-0.1, -0.05) is 46.3 Å². The number of rotatable bonds is 1. The van der Waals surface area contributed by atoms with Crippen LogP contribution in [0.15, 0.2) is 11.6 Å². The summed E-state index contributed by atoms with van der Waals surface area (Å²) in [6.45, 7) is 12.3. The topological polar surface area (TPSA) is 0 Å². The molecule has 14 heavy (non-hydrogen) atoms. The normalized spacial score (nSPS) is 59.0. The number of hydrogen-bond acceptors (Lipinski definition) is 0. The fraction of sp³-hybridized carbons (Fsp3) is 0.857. The van der Waals surface area contributed by atoms with Gasteiger partial charge in [0, 0.05) is 10.8 Å². The van der Waals surface area contributed by atoms with E-state index in [0.29, 0.717) is 16.2 Å². The lowest BCUT2D eigenvalue weighted by Gasteiger charge is -2.84. The highest BCUT2D eigenvalue weighted by molar-refractivity contribution is 5.51. The van der Waals surface area contributed by atoms with Crippen molar-refractivity contribution in [3.8, 4) is 0 Å². The minimum absolute atomic E-state index is 0.543. The van der Waals surface area contributed by atoms with Crippen molar-refractivity contribution < 1.29 is 0 Å². The highest BCUT2D eigenvalue weighted by atomic mass is 14.8. The average Bonchev–Trinajstić information content (AvgIpc) is 2.11. The van der Waals surface area contributed by atoms with Gasteiger partial charge < -0.3 is 0 Å². The van der Waals surface area contributed by atoms with Crippen LogP contribution in [0.2, 0.25) is 0 Å². The molecule has 0 saturated heterocycles. The fourth-order valence-corrected chi connectivity index (χ4v) is 5.30. The van der Waals surface area contributed by atoms with E-state index in [9.17, 15) is 0 Å². The van der Waals surface area contributed by atoms with Crippen LogP contribution < -0.4 is 0 Å². The van der Waals surface area contributed by atoms with E-state index in [0.717, 1.165) is 11.8 Å². The summed E-state index contributed by atoms with van der Waals surface area (Å²) in [6, 6.07) is 0. The molecular weight excluding hydrogens is 168 g/mol. The molecule has 0 amide bonds. The zero-order valence-corrected chi connectivity index (χ0v) is 10.1. The molecule has 3 rings (SSSR count). The van der Waals surface area contributed by atoms with Gasteiger partial charge in [0.1, 0.15) is 0 Å². The quantitative estimate of drug-likeness (QED) is 0.548. The van der Waals surface area contributed by atoms with Crippen LogP contribution in [0, 0.1) is 28.1 Å². The standard InChI is InChI=1S/C14H22/c1-9(2)13(5)10(3)14-7-6-11(14)8-12(13,14)4/h8-10H,6-7H2,1-5H3. The predicted octanol–water partition coefficient (Wildman–Crippen LogP) is 4.02. The van der Waals surface area contributed by atoms with Crippen molar-refractivity contribution in [1.82, 2.24) is 0 Å². The minimum Gasteiger partial charge on any atom is -0.0773 e. The molecule has 0 aromatic rings. The first-order valence-electron chi connectivity index (χ1n) is 6.13. The molecule has 3 aliphatic carbocycles. The third-order valence-corrected chi connectivity index (χ3v) is 6.71. The SMILES string of the molecule is CC(C)C1(C)C(C)C23CCC2=CC31C. The molecule has 1 spiro atoms. The van der Waals surface area contributed by atoms with E-state index in [2.05, 4.69) is 40.7 Å². The molecule has 0 N–H and O–H groups in total. The first-order chi connectivity index (χ1) is 6.41. The van der Waals surface area contributed by atoms with Crippen molar-refractivity contribution in [3.05, 3.63) is 11.6 Å². The fourth-order valence-electron chi connectivity index (χ4n) is 5.30. The minimum atomic E-state index is 0.543. The zero-order valence-electron chi connectivity index (χ0n) is 10.1. The van der Waals surface area contributed by atoms with Crippen LogP contribution in [0.5, 0.6) is 0 Å². The number of hydrogen-bond donors (Lipinski definition) is 0. The Bertz CT molecular complexity index is 338. The maximum Gasteiger partial charge on any atom is 0.00401 e. The second kappa shape index (κ2) is 1.99. The van der Waals surface area contributed by atoms with Crippen molar-refractivity contribution in [3.63, 3.8) is 0 Å². The van der Waals surface area contributed by atoms with Gasteiger partial charge in [-0.05, 0) is 30.1 Å². The summed E-state index contributed by atoms with van der Waals surface area (Å²) in [4.78, 5) is 0. The third-order valence-electron chi connectivity index (χ3n) is 6.71. The zero-order chi connectivity index (χ0) is 10.4. The molecule has 0 radical (unpaired) electrons. The van der Waals surface area contributed by atoms with Gasteiger partial charge in [-0.15, -0.1) is 0 Å². The summed E-state index contributed by atoms with van der Waals surface area (Å²) in [5.74, 6) is 1.72. The third kappa shape index (κ3) is 0.487. The van der Waals surface area contributed by atoms with Crippen LogP contribution in [-0.4, -0.2) is 0 Å². The monoisotopic (exact) mass is 190 g/mol. The highest BCUT2D eigenvalue weighted by Crippen LogP contribution is 2.87. The molecule has 0 nitrogen and oxygen atoms in total. The van der Waals surface area contributed by atoms with E-state index in [1.54, 1.807) is 5.57 Å². The van der Waals surface area contributed by atoms with Gasteiger partial charge in [-0.25, -0.2) is 0 Å². The summed E-state index contributed by atoms with van der Waals surface area (Å²) in [6.07, 6.45) is 5.48. The Kier molecular flexibility index (Phi) is 1.28. The molecular formula is C14H22. The Hall–Kier alpha value is -0.260. The average molecular weight is 190 g/mol. The summed E-state index contributed by atoms with van der Waals surface area (Å²) < 4.78 is 0. The van der Waals surface area contributed by atoms with Gasteiger partial charge in [0.15, 0.2) is 0 Å². The molecule has 78 valence electrons. The van der Waals surface area contributed by atoms with Crippen LogP contribution >= 0.6 is 0 Å². The van der Waals surface area contributed by atoms with Crippen LogP contribution in [0.1, 0.15) is 47.5 Å². The van der Waals surface area contributed by atoms with Crippen LogP contribution in [0.25, 0.3) is 0 Å². The van der Waals surface area contributed by atoms with E-state index in [-0.39, 0.29) is 0 Å². The van der Waals surface area contributed by atoms with Crippen molar-refractivity contribution in [2.75, 3.05) is 0 Å². The summed E-state index contributed by atoms with van der Waals surface area (Å²) in [5, 5.41) is 0. The molecule has 0 aromatic heterocycles. The molecule has 4 unspecified atom stereocenters. The molecule has 2 saturated carbocycles. The molecule has 2 fully saturated rings. The van der Waals surface area contributed by atoms with E-state index in [1.165, 1.54) is 12.8 Å². The molecule has 0 bridgehead atoms. The Morgan fingerprint density at radius 1 is 1.36 bits per heavy atom. The maximum absolute atomic E-state index is 2.61. The largest absolute Gasteiger partial charge is 0.0773 e. The number of allylic oxidation sites excluding steroid dienone is 2. The van der Waals surface area contributed by atoms with Crippen molar-refractivity contribution >= 4 is 0 Å². The highest BCUT2D eigenvalue weighted by Gasteiger charge is 2.80. The molecule has 0 aliphatic heterocycles. The second-order valence-corrected chi connectivity index (χ2v) is 6.50. The molecule has 0 heterocycles. The molecule has 0 heteroatoms. The Labute approximate surface area is 87.8 Å². The smallest absolute Gasteiger partial charge is 0.00401 e. The maximum atomic E-state index is 2.61. The van der Waals surface area contributed by atoms with Crippen molar-refractivity contribution in [1.29, 1.82) is 0 Å². The molecule has 4 atom stereocenters. The lowest BCUT2D eigenvalue weighted by atomic mass is 9.19. The lowest BCUT2D eigenvalue weighted by molar-refractivity contribution is -0.279. The van der Waals surface area contributed by atoms with Gasteiger partial charge in [-0.2, -0.15) is 0 Å². The summed E-state index contributed by atoms with van der Waals surface area (Å²) >= 11 is 0. The first-order valence-corrected chi connectivity index (χ1v) is 6.13. The second-order valence-electron chi connectivity index (χ2n) is 6.50. The van der Waals surface area contributed by atoms with Crippen LogP contribution in [0.3, 0.4) is 0 Å². The van der Waals surface area contributed by atoms with Crippen molar-refractivity contribution in [2.45, 2.75) is 47.5 Å². The van der Waals surface area contributed by atoms with Crippen LogP contribution in [-0.2, 0) is 0 Å². The van der Waals surface area contributed by atoms with E-state index < -0.39 is 0 Å². The van der Waals surface area contributed by atoms with E-state index >= 15 is 0 Å². The lowest BCUT2D eigenvalue weighted by Crippen LogP contribution is -2.78. The van der Waals surface area contributed by atoms with Gasteiger partial charge in [0.25, 0.3) is 0 Å². The summed E-state index contributed by atoms with van der Waals surface area (Å²) in [5.41, 5.74) is 3.56. The van der Waals surface area contributed by atoms with Gasteiger partial charge in [0.2, 0.25) is 0 Å². The first kappa shape index (κ1) is 9.00. The summed E-state index contributed by atoms with van der Waals surface area (Å²) in [7, 11) is 0.